The molecule has 21 heavy (non-hydrogen) atoms. The van der Waals surface area contributed by atoms with Gasteiger partial charge < -0.3 is 5.73 Å². The summed E-state index contributed by atoms with van der Waals surface area (Å²) < 4.78 is 0. The molecule has 1 aliphatic rings. The van der Waals surface area contributed by atoms with Crippen LogP contribution in [0.15, 0.2) is 24.3 Å². The highest BCUT2D eigenvalue weighted by atomic mass is 14.8. The SMILES string of the molecule is CC1CCC(C(C)C)C(N)(Cc2ccc(C(C)C)cc2)C1. The van der Waals surface area contributed by atoms with E-state index < -0.39 is 0 Å². The minimum atomic E-state index is -0.0226. The Kier molecular flexibility index (Phi) is 5.14. The molecule has 3 unspecified atom stereocenters. The average Bonchev–Trinajstić information content (AvgIpc) is 2.38. The molecule has 0 amide bonds. The minimum absolute atomic E-state index is 0.0226. The molecule has 0 aromatic heterocycles. The van der Waals surface area contributed by atoms with Gasteiger partial charge in [-0.2, -0.15) is 0 Å². The summed E-state index contributed by atoms with van der Waals surface area (Å²) in [5.41, 5.74) is 9.72. The number of benzene rings is 1. The summed E-state index contributed by atoms with van der Waals surface area (Å²) in [6.07, 6.45) is 4.83. The van der Waals surface area contributed by atoms with Crippen LogP contribution >= 0.6 is 0 Å². The third-order valence-electron chi connectivity index (χ3n) is 5.42. The first-order valence-electron chi connectivity index (χ1n) is 8.69. The van der Waals surface area contributed by atoms with Crippen molar-refractivity contribution in [2.75, 3.05) is 0 Å². The molecule has 2 rings (SSSR count). The number of hydrogen-bond acceptors (Lipinski definition) is 1. The Bertz CT molecular complexity index is 445. The molecule has 1 aromatic carbocycles. The van der Waals surface area contributed by atoms with Gasteiger partial charge in [-0.05, 0) is 54.1 Å². The van der Waals surface area contributed by atoms with Gasteiger partial charge in [0.15, 0.2) is 0 Å². The molecule has 118 valence electrons. The Morgan fingerprint density at radius 1 is 1.10 bits per heavy atom. The maximum atomic E-state index is 6.92. The summed E-state index contributed by atoms with van der Waals surface area (Å²) in [5, 5.41) is 0. The maximum absolute atomic E-state index is 6.92. The second-order valence-electron chi connectivity index (χ2n) is 8.04. The minimum Gasteiger partial charge on any atom is -0.325 e. The number of hydrogen-bond donors (Lipinski definition) is 1. The van der Waals surface area contributed by atoms with Gasteiger partial charge in [0.2, 0.25) is 0 Å². The van der Waals surface area contributed by atoms with Crippen molar-refractivity contribution in [3.63, 3.8) is 0 Å². The third-order valence-corrected chi connectivity index (χ3v) is 5.42. The first kappa shape index (κ1) is 16.5. The predicted octanol–water partition coefficient (Wildman–Crippen LogP) is 5.14. The third kappa shape index (κ3) is 3.88. The summed E-state index contributed by atoms with van der Waals surface area (Å²) in [6, 6.07) is 9.14. The largest absolute Gasteiger partial charge is 0.325 e. The summed E-state index contributed by atoms with van der Waals surface area (Å²) in [6.45, 7) is 11.5. The molecule has 1 saturated carbocycles. The van der Waals surface area contributed by atoms with Crippen LogP contribution in [-0.2, 0) is 6.42 Å². The summed E-state index contributed by atoms with van der Waals surface area (Å²) in [5.74, 6) is 2.69. The second-order valence-corrected chi connectivity index (χ2v) is 8.04. The molecule has 1 aliphatic carbocycles. The Morgan fingerprint density at radius 3 is 2.24 bits per heavy atom. The van der Waals surface area contributed by atoms with E-state index in [1.807, 2.05) is 0 Å². The Morgan fingerprint density at radius 2 is 1.71 bits per heavy atom. The van der Waals surface area contributed by atoms with Crippen LogP contribution in [0.5, 0.6) is 0 Å². The first-order valence-corrected chi connectivity index (χ1v) is 8.69. The fourth-order valence-electron chi connectivity index (χ4n) is 4.25. The lowest BCUT2D eigenvalue weighted by Crippen LogP contribution is -2.54. The van der Waals surface area contributed by atoms with E-state index in [4.69, 9.17) is 5.73 Å². The molecule has 3 atom stereocenters. The van der Waals surface area contributed by atoms with Crippen LogP contribution in [0.3, 0.4) is 0 Å². The Labute approximate surface area is 131 Å². The summed E-state index contributed by atoms with van der Waals surface area (Å²) >= 11 is 0. The van der Waals surface area contributed by atoms with E-state index in [-0.39, 0.29) is 5.54 Å². The average molecular weight is 287 g/mol. The standard InChI is InChI=1S/C20H33N/c1-14(2)18-9-7-17(8-10-18)13-20(21)12-16(5)6-11-19(20)15(3)4/h7-10,14-16,19H,6,11-13,21H2,1-5H3. The van der Waals surface area contributed by atoms with Crippen LogP contribution in [0, 0.1) is 17.8 Å². The van der Waals surface area contributed by atoms with Crippen molar-refractivity contribution in [2.24, 2.45) is 23.5 Å². The van der Waals surface area contributed by atoms with Crippen LogP contribution < -0.4 is 5.73 Å². The molecule has 2 N–H and O–H groups in total. The van der Waals surface area contributed by atoms with Crippen LogP contribution in [0.2, 0.25) is 0 Å². The first-order chi connectivity index (χ1) is 9.82. The van der Waals surface area contributed by atoms with Gasteiger partial charge >= 0.3 is 0 Å². The molecule has 0 bridgehead atoms. The van der Waals surface area contributed by atoms with Crippen molar-refractivity contribution < 1.29 is 0 Å². The van der Waals surface area contributed by atoms with Gasteiger partial charge in [0.05, 0.1) is 0 Å². The van der Waals surface area contributed by atoms with E-state index in [0.717, 1.165) is 12.3 Å². The fourth-order valence-corrected chi connectivity index (χ4v) is 4.25. The van der Waals surface area contributed by atoms with Crippen molar-refractivity contribution in [2.45, 2.75) is 71.8 Å². The second kappa shape index (κ2) is 6.52. The van der Waals surface area contributed by atoms with Crippen molar-refractivity contribution in [3.05, 3.63) is 35.4 Å². The van der Waals surface area contributed by atoms with Crippen LogP contribution in [0.1, 0.15) is 70.9 Å². The zero-order valence-electron chi connectivity index (χ0n) is 14.5. The molecular weight excluding hydrogens is 254 g/mol. The van der Waals surface area contributed by atoms with Crippen LogP contribution in [0.25, 0.3) is 0 Å². The Balaban J connectivity index is 2.17. The molecule has 1 heteroatoms. The smallest absolute Gasteiger partial charge is 0.0228 e. The van der Waals surface area contributed by atoms with Crippen molar-refractivity contribution in [1.82, 2.24) is 0 Å². The fraction of sp³-hybridized carbons (Fsp3) is 0.700. The van der Waals surface area contributed by atoms with Crippen LogP contribution in [0.4, 0.5) is 0 Å². The number of rotatable bonds is 4. The normalized spacial score (nSPS) is 30.1. The molecule has 0 heterocycles. The quantitative estimate of drug-likeness (QED) is 0.815. The van der Waals surface area contributed by atoms with Gasteiger partial charge in [-0.3, -0.25) is 0 Å². The topological polar surface area (TPSA) is 26.0 Å². The van der Waals surface area contributed by atoms with Crippen molar-refractivity contribution >= 4 is 0 Å². The van der Waals surface area contributed by atoms with Crippen LogP contribution in [-0.4, -0.2) is 5.54 Å². The molecule has 1 fully saturated rings. The van der Waals surface area contributed by atoms with Gasteiger partial charge in [0.1, 0.15) is 0 Å². The van der Waals surface area contributed by atoms with Crippen molar-refractivity contribution in [1.29, 1.82) is 0 Å². The highest BCUT2D eigenvalue weighted by Gasteiger charge is 2.41. The summed E-state index contributed by atoms with van der Waals surface area (Å²) in [4.78, 5) is 0. The molecule has 0 aliphatic heterocycles. The zero-order valence-corrected chi connectivity index (χ0v) is 14.5. The molecule has 0 radical (unpaired) electrons. The predicted molar refractivity (Wildman–Crippen MR) is 92.5 cm³/mol. The molecule has 1 aromatic rings. The summed E-state index contributed by atoms with van der Waals surface area (Å²) in [7, 11) is 0. The Hall–Kier alpha value is -0.820. The lowest BCUT2D eigenvalue weighted by molar-refractivity contribution is 0.109. The molecule has 0 saturated heterocycles. The lowest BCUT2D eigenvalue weighted by Gasteiger charge is -2.46. The van der Waals surface area contributed by atoms with E-state index >= 15 is 0 Å². The van der Waals surface area contributed by atoms with Gasteiger partial charge in [-0.1, -0.05) is 65.3 Å². The van der Waals surface area contributed by atoms with E-state index in [1.165, 1.54) is 30.4 Å². The molecular formula is C20H33N. The van der Waals surface area contributed by atoms with Gasteiger partial charge in [0.25, 0.3) is 0 Å². The van der Waals surface area contributed by atoms with E-state index in [9.17, 15) is 0 Å². The van der Waals surface area contributed by atoms with Gasteiger partial charge in [-0.25, -0.2) is 0 Å². The zero-order chi connectivity index (χ0) is 15.6. The van der Waals surface area contributed by atoms with Gasteiger partial charge in [-0.15, -0.1) is 0 Å². The van der Waals surface area contributed by atoms with E-state index in [2.05, 4.69) is 58.9 Å². The highest BCUT2D eigenvalue weighted by Crippen LogP contribution is 2.41. The maximum Gasteiger partial charge on any atom is 0.0228 e. The molecule has 0 spiro atoms. The number of nitrogens with two attached hydrogens (primary N) is 1. The van der Waals surface area contributed by atoms with E-state index in [1.54, 1.807) is 0 Å². The lowest BCUT2D eigenvalue weighted by atomic mass is 9.63. The monoisotopic (exact) mass is 287 g/mol. The van der Waals surface area contributed by atoms with E-state index in [0.29, 0.717) is 17.8 Å². The molecule has 1 nitrogen and oxygen atoms in total. The van der Waals surface area contributed by atoms with Gasteiger partial charge in [0, 0.05) is 5.54 Å². The van der Waals surface area contributed by atoms with Crippen molar-refractivity contribution in [3.8, 4) is 0 Å². The highest BCUT2D eigenvalue weighted by molar-refractivity contribution is 5.26.